The SMILES string of the molecule is CC1CCCC(C)N1c1nc(Cl)nc2sc3c(c12)CCCC3. The van der Waals surface area contributed by atoms with Crippen LogP contribution >= 0.6 is 22.9 Å². The van der Waals surface area contributed by atoms with Crippen LogP contribution < -0.4 is 4.90 Å². The van der Waals surface area contributed by atoms with Crippen LogP contribution in [0.3, 0.4) is 0 Å². The van der Waals surface area contributed by atoms with Crippen molar-refractivity contribution in [1.82, 2.24) is 9.97 Å². The Hall–Kier alpha value is -0.870. The largest absolute Gasteiger partial charge is 0.351 e. The number of halogens is 1. The first-order valence-electron chi connectivity index (χ1n) is 8.41. The quantitative estimate of drug-likeness (QED) is 0.687. The predicted octanol–water partition coefficient (Wildman–Crippen LogP) is 4.99. The highest BCUT2D eigenvalue weighted by Gasteiger charge is 2.30. The van der Waals surface area contributed by atoms with Crippen LogP contribution in [0.25, 0.3) is 10.2 Å². The molecule has 0 saturated carbocycles. The second-order valence-corrected chi connectivity index (χ2v) is 8.17. The third-order valence-corrected chi connectivity index (χ3v) is 6.56. The minimum atomic E-state index is 0.395. The van der Waals surface area contributed by atoms with E-state index < -0.39 is 0 Å². The highest BCUT2D eigenvalue weighted by molar-refractivity contribution is 7.19. The Bertz CT molecular complexity index is 701. The van der Waals surface area contributed by atoms with Gasteiger partial charge in [-0.25, -0.2) is 4.98 Å². The predicted molar refractivity (Wildman–Crippen MR) is 94.3 cm³/mol. The summed E-state index contributed by atoms with van der Waals surface area (Å²) in [6.07, 6.45) is 8.73. The zero-order valence-corrected chi connectivity index (χ0v) is 14.8. The molecule has 0 amide bonds. The number of anilines is 1. The van der Waals surface area contributed by atoms with Crippen molar-refractivity contribution in [3.05, 3.63) is 15.7 Å². The molecule has 2 unspecified atom stereocenters. The van der Waals surface area contributed by atoms with Crippen molar-refractivity contribution < 1.29 is 0 Å². The summed E-state index contributed by atoms with van der Waals surface area (Å²) in [6.45, 7) is 4.63. The summed E-state index contributed by atoms with van der Waals surface area (Å²) in [7, 11) is 0. The Kier molecular flexibility index (Phi) is 3.77. The number of rotatable bonds is 1. The smallest absolute Gasteiger partial charge is 0.225 e. The van der Waals surface area contributed by atoms with Crippen molar-refractivity contribution >= 4 is 39.0 Å². The molecule has 1 aliphatic heterocycles. The third-order valence-electron chi connectivity index (χ3n) is 5.21. The minimum absolute atomic E-state index is 0.395. The molecule has 0 radical (unpaired) electrons. The molecule has 118 valence electrons. The Morgan fingerprint density at radius 1 is 1.05 bits per heavy atom. The van der Waals surface area contributed by atoms with Crippen molar-refractivity contribution in [2.75, 3.05) is 4.90 Å². The van der Waals surface area contributed by atoms with E-state index in [2.05, 4.69) is 23.7 Å². The number of hydrogen-bond donors (Lipinski definition) is 0. The molecule has 0 bridgehead atoms. The van der Waals surface area contributed by atoms with Gasteiger partial charge in [0.15, 0.2) is 0 Å². The van der Waals surface area contributed by atoms with E-state index in [1.54, 1.807) is 0 Å². The molecule has 2 aromatic heterocycles. The summed E-state index contributed by atoms with van der Waals surface area (Å²) < 4.78 is 0. The van der Waals surface area contributed by atoms with Crippen molar-refractivity contribution in [1.29, 1.82) is 0 Å². The average Bonchev–Trinajstić information content (AvgIpc) is 2.84. The number of thiophene rings is 1. The first-order chi connectivity index (χ1) is 10.6. The van der Waals surface area contributed by atoms with E-state index >= 15 is 0 Å². The van der Waals surface area contributed by atoms with E-state index in [1.807, 2.05) is 11.3 Å². The van der Waals surface area contributed by atoms with Crippen molar-refractivity contribution in [3.63, 3.8) is 0 Å². The van der Waals surface area contributed by atoms with Gasteiger partial charge in [0.05, 0.1) is 5.39 Å². The zero-order valence-electron chi connectivity index (χ0n) is 13.2. The molecule has 1 saturated heterocycles. The van der Waals surface area contributed by atoms with Gasteiger partial charge in [0.1, 0.15) is 10.6 Å². The molecule has 3 heterocycles. The molecule has 2 aromatic rings. The van der Waals surface area contributed by atoms with Gasteiger partial charge < -0.3 is 4.90 Å². The monoisotopic (exact) mass is 335 g/mol. The van der Waals surface area contributed by atoms with Gasteiger partial charge in [0, 0.05) is 17.0 Å². The number of aryl methyl sites for hydroxylation is 2. The fraction of sp³-hybridized carbons (Fsp3) is 0.647. The van der Waals surface area contributed by atoms with Gasteiger partial charge in [0.25, 0.3) is 0 Å². The van der Waals surface area contributed by atoms with Crippen LogP contribution in [0.1, 0.15) is 56.4 Å². The Labute approximate surface area is 140 Å². The highest BCUT2D eigenvalue weighted by Crippen LogP contribution is 2.42. The average molecular weight is 336 g/mol. The molecular weight excluding hydrogens is 314 g/mol. The molecule has 0 N–H and O–H groups in total. The van der Waals surface area contributed by atoms with Gasteiger partial charge in [-0.05, 0) is 76.0 Å². The lowest BCUT2D eigenvalue weighted by molar-refractivity contribution is 0.412. The van der Waals surface area contributed by atoms with E-state index in [0.29, 0.717) is 17.4 Å². The number of fused-ring (bicyclic) bond motifs is 3. The molecule has 2 aliphatic rings. The van der Waals surface area contributed by atoms with Gasteiger partial charge in [-0.1, -0.05) is 0 Å². The van der Waals surface area contributed by atoms with E-state index in [0.717, 1.165) is 10.6 Å². The van der Waals surface area contributed by atoms with Crippen LogP contribution in [0.2, 0.25) is 5.28 Å². The van der Waals surface area contributed by atoms with E-state index in [1.165, 1.54) is 60.8 Å². The maximum atomic E-state index is 6.26. The Balaban J connectivity index is 1.94. The maximum absolute atomic E-state index is 6.26. The lowest BCUT2D eigenvalue weighted by Gasteiger charge is -2.40. The van der Waals surface area contributed by atoms with Crippen molar-refractivity contribution in [2.45, 2.75) is 70.9 Å². The molecule has 1 fully saturated rings. The maximum Gasteiger partial charge on any atom is 0.225 e. The zero-order chi connectivity index (χ0) is 15.3. The summed E-state index contributed by atoms with van der Waals surface area (Å²) in [5, 5.41) is 1.69. The molecule has 0 spiro atoms. The van der Waals surface area contributed by atoms with Gasteiger partial charge in [0.2, 0.25) is 5.28 Å². The first kappa shape index (κ1) is 14.7. The molecule has 4 rings (SSSR count). The summed E-state index contributed by atoms with van der Waals surface area (Å²) in [5.41, 5.74) is 1.50. The second-order valence-electron chi connectivity index (χ2n) is 6.74. The molecule has 3 nitrogen and oxygen atoms in total. The first-order valence-corrected chi connectivity index (χ1v) is 9.60. The fourth-order valence-corrected chi connectivity index (χ4v) is 5.61. The second kappa shape index (κ2) is 5.64. The number of aromatic nitrogens is 2. The van der Waals surface area contributed by atoms with Crippen molar-refractivity contribution in [3.8, 4) is 0 Å². The number of hydrogen-bond acceptors (Lipinski definition) is 4. The molecule has 1 aliphatic carbocycles. The molecular formula is C17H22ClN3S. The standard InChI is InChI=1S/C17H22ClN3S/c1-10-6-5-7-11(2)21(10)15-14-12-8-3-4-9-13(12)22-16(14)20-17(18)19-15/h10-11H,3-9H2,1-2H3. The number of nitrogens with zero attached hydrogens (tertiary/aromatic N) is 3. The molecule has 2 atom stereocenters. The van der Waals surface area contributed by atoms with E-state index in [9.17, 15) is 0 Å². The van der Waals surface area contributed by atoms with Crippen LogP contribution in [-0.2, 0) is 12.8 Å². The third kappa shape index (κ3) is 2.31. The summed E-state index contributed by atoms with van der Waals surface area (Å²) in [6, 6.07) is 1.05. The van der Waals surface area contributed by atoms with Crippen molar-refractivity contribution in [2.24, 2.45) is 0 Å². The van der Waals surface area contributed by atoms with Crippen LogP contribution in [0.4, 0.5) is 5.82 Å². The van der Waals surface area contributed by atoms with Crippen LogP contribution in [0.5, 0.6) is 0 Å². The van der Waals surface area contributed by atoms with Gasteiger partial charge >= 0.3 is 0 Å². The molecule has 5 heteroatoms. The summed E-state index contributed by atoms with van der Waals surface area (Å²) in [4.78, 5) is 14.3. The lowest BCUT2D eigenvalue weighted by Crippen LogP contribution is -2.44. The normalized spacial score (nSPS) is 25.5. The van der Waals surface area contributed by atoms with E-state index in [4.69, 9.17) is 16.6 Å². The summed E-state index contributed by atoms with van der Waals surface area (Å²) >= 11 is 8.09. The fourth-order valence-electron chi connectivity index (χ4n) is 4.14. The van der Waals surface area contributed by atoms with Crippen LogP contribution in [0.15, 0.2) is 0 Å². The van der Waals surface area contributed by atoms with Crippen LogP contribution in [-0.4, -0.2) is 22.1 Å². The summed E-state index contributed by atoms with van der Waals surface area (Å²) in [5.74, 6) is 1.09. The van der Waals surface area contributed by atoms with Crippen LogP contribution in [0, 0.1) is 0 Å². The number of piperidine rings is 1. The topological polar surface area (TPSA) is 29.0 Å². The highest BCUT2D eigenvalue weighted by atomic mass is 35.5. The lowest BCUT2D eigenvalue weighted by atomic mass is 9.94. The molecule has 0 aromatic carbocycles. The van der Waals surface area contributed by atoms with Gasteiger partial charge in [-0.3, -0.25) is 0 Å². The van der Waals surface area contributed by atoms with E-state index in [-0.39, 0.29) is 0 Å². The van der Waals surface area contributed by atoms with Gasteiger partial charge in [-0.15, -0.1) is 11.3 Å². The Morgan fingerprint density at radius 2 is 1.77 bits per heavy atom. The Morgan fingerprint density at radius 3 is 2.55 bits per heavy atom. The molecule has 22 heavy (non-hydrogen) atoms. The van der Waals surface area contributed by atoms with Gasteiger partial charge in [-0.2, -0.15) is 4.98 Å². The minimum Gasteiger partial charge on any atom is -0.351 e.